The molecule has 0 radical (unpaired) electrons. The molecule has 1 fully saturated rings. The van der Waals surface area contributed by atoms with Gasteiger partial charge in [-0.1, -0.05) is 0 Å². The molecule has 0 aromatic rings. The third-order valence-corrected chi connectivity index (χ3v) is 2.97. The van der Waals surface area contributed by atoms with Crippen molar-refractivity contribution in [2.75, 3.05) is 13.7 Å². The number of alkyl halides is 1. The summed E-state index contributed by atoms with van der Waals surface area (Å²) in [4.78, 5) is 24.3. The molecule has 1 rings (SSSR count). The standard InChI is InChI=1S/C13H22FNO5/c1-13(2,3)20-12(18)15-7-8(14)5-9(15)10(16)6-11(17)19-4/h8-10,16H,5-7H2,1-4H3/t8-,9?,10-/m0/s1. The van der Waals surface area contributed by atoms with Crippen molar-refractivity contribution in [2.45, 2.75) is 57.5 Å². The molecule has 1 aliphatic heterocycles. The SMILES string of the molecule is COC(=O)C[C@H](O)C1C[C@H](F)CN1C(=O)OC(C)(C)C. The minimum absolute atomic E-state index is 0.0165. The van der Waals surface area contributed by atoms with Crippen LogP contribution in [0, 0.1) is 0 Å². The highest BCUT2D eigenvalue weighted by atomic mass is 19.1. The Balaban J connectivity index is 2.73. The fourth-order valence-corrected chi connectivity index (χ4v) is 2.10. The molecule has 1 amide bonds. The second-order valence-electron chi connectivity index (χ2n) is 5.88. The van der Waals surface area contributed by atoms with Gasteiger partial charge >= 0.3 is 12.1 Å². The zero-order chi connectivity index (χ0) is 15.5. The van der Waals surface area contributed by atoms with Crippen LogP contribution >= 0.6 is 0 Å². The van der Waals surface area contributed by atoms with Crippen LogP contribution in [0.4, 0.5) is 9.18 Å². The van der Waals surface area contributed by atoms with Crippen molar-refractivity contribution in [1.29, 1.82) is 0 Å². The minimum Gasteiger partial charge on any atom is -0.469 e. The monoisotopic (exact) mass is 291 g/mol. The lowest BCUT2D eigenvalue weighted by atomic mass is 10.1. The number of amides is 1. The van der Waals surface area contributed by atoms with Crippen LogP contribution in [0.2, 0.25) is 0 Å². The lowest BCUT2D eigenvalue weighted by Gasteiger charge is -2.30. The molecule has 0 saturated carbocycles. The Morgan fingerprint density at radius 3 is 2.55 bits per heavy atom. The molecule has 1 aliphatic rings. The third-order valence-electron chi connectivity index (χ3n) is 2.97. The minimum atomic E-state index is -1.24. The summed E-state index contributed by atoms with van der Waals surface area (Å²) in [5.41, 5.74) is -0.705. The first-order chi connectivity index (χ1) is 9.14. The van der Waals surface area contributed by atoms with Crippen LogP contribution in [0.1, 0.15) is 33.6 Å². The number of rotatable bonds is 3. The number of carbonyl (C=O) groups excluding carboxylic acids is 2. The number of hydrogen-bond donors (Lipinski definition) is 1. The molecule has 0 aromatic carbocycles. The molecule has 0 bridgehead atoms. The number of aliphatic hydroxyl groups is 1. The lowest BCUT2D eigenvalue weighted by molar-refractivity contribution is -0.143. The van der Waals surface area contributed by atoms with Crippen LogP contribution in [0.5, 0.6) is 0 Å². The van der Waals surface area contributed by atoms with Gasteiger partial charge in [-0.25, -0.2) is 9.18 Å². The summed E-state index contributed by atoms with van der Waals surface area (Å²) in [6.45, 7) is 4.97. The van der Waals surface area contributed by atoms with E-state index in [2.05, 4.69) is 4.74 Å². The Kier molecular flexibility index (Phi) is 5.33. The largest absolute Gasteiger partial charge is 0.469 e. The molecule has 0 aliphatic carbocycles. The van der Waals surface area contributed by atoms with E-state index in [0.29, 0.717) is 0 Å². The van der Waals surface area contributed by atoms with Crippen molar-refractivity contribution in [3.8, 4) is 0 Å². The molecule has 116 valence electrons. The number of likely N-dealkylation sites (tertiary alicyclic amines) is 1. The van der Waals surface area contributed by atoms with Crippen molar-refractivity contribution in [2.24, 2.45) is 0 Å². The van der Waals surface area contributed by atoms with Crippen molar-refractivity contribution < 1.29 is 28.6 Å². The van der Waals surface area contributed by atoms with Crippen molar-refractivity contribution >= 4 is 12.1 Å². The van der Waals surface area contributed by atoms with Gasteiger partial charge in [0.15, 0.2) is 0 Å². The molecule has 1 N–H and O–H groups in total. The van der Waals surface area contributed by atoms with Gasteiger partial charge in [0.25, 0.3) is 0 Å². The van der Waals surface area contributed by atoms with Crippen molar-refractivity contribution in [1.82, 2.24) is 4.90 Å². The summed E-state index contributed by atoms with van der Waals surface area (Å²) in [7, 11) is 1.20. The number of aliphatic hydroxyl groups excluding tert-OH is 1. The highest BCUT2D eigenvalue weighted by Crippen LogP contribution is 2.26. The molecule has 7 heteroatoms. The van der Waals surface area contributed by atoms with E-state index in [1.54, 1.807) is 20.8 Å². The van der Waals surface area contributed by atoms with E-state index in [0.717, 1.165) is 4.90 Å². The van der Waals surface area contributed by atoms with Gasteiger partial charge in [0.1, 0.15) is 11.8 Å². The Morgan fingerprint density at radius 1 is 1.45 bits per heavy atom. The highest BCUT2D eigenvalue weighted by molar-refractivity contribution is 5.71. The smallest absolute Gasteiger partial charge is 0.410 e. The fourth-order valence-electron chi connectivity index (χ4n) is 2.10. The van der Waals surface area contributed by atoms with E-state index < -0.39 is 36.0 Å². The summed E-state index contributed by atoms with van der Waals surface area (Å²) in [6.07, 6.45) is -3.40. The van der Waals surface area contributed by atoms with E-state index in [9.17, 15) is 19.1 Å². The fraction of sp³-hybridized carbons (Fsp3) is 0.846. The Labute approximate surface area is 117 Å². The topological polar surface area (TPSA) is 76.1 Å². The number of halogens is 1. The van der Waals surface area contributed by atoms with Gasteiger partial charge in [-0.15, -0.1) is 0 Å². The van der Waals surface area contributed by atoms with Crippen LogP contribution in [0.3, 0.4) is 0 Å². The summed E-state index contributed by atoms with van der Waals surface area (Å²) < 4.78 is 23.2. The zero-order valence-corrected chi connectivity index (χ0v) is 12.3. The predicted molar refractivity (Wildman–Crippen MR) is 68.9 cm³/mol. The van der Waals surface area contributed by atoms with Gasteiger partial charge in [-0.05, 0) is 20.8 Å². The van der Waals surface area contributed by atoms with Crippen molar-refractivity contribution in [3.05, 3.63) is 0 Å². The van der Waals surface area contributed by atoms with E-state index in [4.69, 9.17) is 4.74 Å². The number of hydrogen-bond acceptors (Lipinski definition) is 5. The number of esters is 1. The molecule has 0 spiro atoms. The summed E-state index contributed by atoms with van der Waals surface area (Å²) >= 11 is 0. The number of nitrogens with zero attached hydrogens (tertiary/aromatic N) is 1. The first kappa shape index (κ1) is 16.7. The molecular weight excluding hydrogens is 269 g/mol. The van der Waals surface area contributed by atoms with Gasteiger partial charge in [0.2, 0.25) is 0 Å². The first-order valence-corrected chi connectivity index (χ1v) is 6.52. The van der Waals surface area contributed by atoms with Gasteiger partial charge in [-0.2, -0.15) is 0 Å². The van der Waals surface area contributed by atoms with E-state index in [1.165, 1.54) is 7.11 Å². The van der Waals surface area contributed by atoms with E-state index in [1.807, 2.05) is 0 Å². The molecule has 1 saturated heterocycles. The molecule has 20 heavy (non-hydrogen) atoms. The second-order valence-corrected chi connectivity index (χ2v) is 5.88. The predicted octanol–water partition coefficient (Wildman–Crippen LogP) is 1.26. The maximum Gasteiger partial charge on any atom is 0.410 e. The normalized spacial score (nSPS) is 24.4. The molecule has 1 unspecified atom stereocenters. The number of methoxy groups -OCH3 is 1. The van der Waals surface area contributed by atoms with Gasteiger partial charge in [0.05, 0.1) is 32.2 Å². The Morgan fingerprint density at radius 2 is 2.05 bits per heavy atom. The van der Waals surface area contributed by atoms with Crippen LogP contribution in [-0.2, 0) is 14.3 Å². The summed E-state index contributed by atoms with van der Waals surface area (Å²) in [5.74, 6) is -0.607. The van der Waals surface area contributed by atoms with E-state index >= 15 is 0 Å². The Bertz CT molecular complexity index is 368. The first-order valence-electron chi connectivity index (χ1n) is 6.52. The average Bonchev–Trinajstić information content (AvgIpc) is 2.69. The lowest BCUT2D eigenvalue weighted by Crippen LogP contribution is -2.45. The maximum atomic E-state index is 13.5. The molecular formula is C13H22FNO5. The molecule has 1 heterocycles. The van der Waals surface area contributed by atoms with Crippen LogP contribution in [-0.4, -0.2) is 59.6 Å². The summed E-state index contributed by atoms with van der Waals surface area (Å²) in [5, 5.41) is 9.97. The third kappa shape index (κ3) is 4.63. The Hall–Kier alpha value is -1.37. The van der Waals surface area contributed by atoms with Gasteiger partial charge in [-0.3, -0.25) is 9.69 Å². The zero-order valence-electron chi connectivity index (χ0n) is 12.3. The summed E-state index contributed by atoms with van der Waals surface area (Å²) in [6, 6.07) is -0.779. The number of carbonyl (C=O) groups is 2. The number of ether oxygens (including phenoxy) is 2. The molecule has 3 atom stereocenters. The molecule has 0 aromatic heterocycles. The highest BCUT2D eigenvalue weighted by Gasteiger charge is 2.41. The second kappa shape index (κ2) is 6.39. The molecule has 6 nitrogen and oxygen atoms in total. The van der Waals surface area contributed by atoms with Gasteiger partial charge in [0, 0.05) is 6.42 Å². The van der Waals surface area contributed by atoms with E-state index in [-0.39, 0.29) is 19.4 Å². The van der Waals surface area contributed by atoms with Crippen LogP contribution in [0.15, 0.2) is 0 Å². The quantitative estimate of drug-likeness (QED) is 0.792. The maximum absolute atomic E-state index is 13.5. The van der Waals surface area contributed by atoms with Crippen molar-refractivity contribution in [3.63, 3.8) is 0 Å². The van der Waals surface area contributed by atoms with Crippen LogP contribution in [0.25, 0.3) is 0 Å². The average molecular weight is 291 g/mol. The van der Waals surface area contributed by atoms with Gasteiger partial charge < -0.3 is 14.6 Å². The van der Waals surface area contributed by atoms with Crippen LogP contribution < -0.4 is 0 Å².